The van der Waals surface area contributed by atoms with Crippen LogP contribution in [0.15, 0.2) is 46.9 Å². The number of likely N-dealkylation sites (tertiary alicyclic amines) is 1. The number of fused-ring (bicyclic) bond motifs is 3. The summed E-state index contributed by atoms with van der Waals surface area (Å²) in [5, 5.41) is 3.01. The summed E-state index contributed by atoms with van der Waals surface area (Å²) in [6.07, 6.45) is 5.63. The third-order valence-corrected chi connectivity index (χ3v) is 7.21. The highest BCUT2D eigenvalue weighted by Crippen LogP contribution is 2.48. The lowest BCUT2D eigenvalue weighted by Crippen LogP contribution is -2.43. The molecule has 5 rings (SSSR count). The number of nitrogens with one attached hydrogen (secondary N) is 1. The van der Waals surface area contributed by atoms with Crippen LogP contribution in [0.3, 0.4) is 0 Å². The molecule has 2 aromatic carbocycles. The standard InChI is InChI=1S/C28H25F2N3O4/c1-4-16-12-28(19-7-5-6-8-20(19)32-26(28)36)14-33(16)25(35)18(13-27(2,3)30)22-17-11-15(29)9-10-21(17)37-23(22)24(31)34/h1,5-11,16,18H,12-14H2,2-3H3,(H2,31,34)(H,32,36)/t16-,18+,28+/m1/s1. The molecule has 37 heavy (non-hydrogen) atoms. The number of nitrogens with zero attached hydrogens (tertiary/aromatic N) is 1. The molecule has 1 aromatic heterocycles. The number of rotatable bonds is 5. The van der Waals surface area contributed by atoms with E-state index >= 15 is 4.39 Å². The zero-order chi connectivity index (χ0) is 26.7. The predicted molar refractivity (Wildman–Crippen MR) is 133 cm³/mol. The normalized spacial score (nSPS) is 21.6. The van der Waals surface area contributed by atoms with Crippen LogP contribution in [0.1, 0.15) is 54.3 Å². The Kier molecular flexibility index (Phi) is 5.59. The lowest BCUT2D eigenvalue weighted by molar-refractivity contribution is -0.134. The molecule has 3 aromatic rings. The van der Waals surface area contributed by atoms with E-state index in [0.717, 1.165) is 17.7 Å². The van der Waals surface area contributed by atoms with Gasteiger partial charge in [-0.1, -0.05) is 24.1 Å². The summed E-state index contributed by atoms with van der Waals surface area (Å²) in [5.74, 6) is -1.51. The molecule has 9 heteroatoms. The van der Waals surface area contributed by atoms with Gasteiger partial charge < -0.3 is 20.4 Å². The first kappa shape index (κ1) is 24.5. The van der Waals surface area contributed by atoms with Gasteiger partial charge in [0.2, 0.25) is 11.8 Å². The van der Waals surface area contributed by atoms with Crippen LogP contribution in [-0.2, 0) is 15.0 Å². The number of hydrogen-bond acceptors (Lipinski definition) is 4. The predicted octanol–water partition coefficient (Wildman–Crippen LogP) is 4.02. The first-order valence-corrected chi connectivity index (χ1v) is 11.8. The first-order chi connectivity index (χ1) is 17.4. The average molecular weight is 506 g/mol. The van der Waals surface area contributed by atoms with Crippen LogP contribution in [0.25, 0.3) is 11.0 Å². The van der Waals surface area contributed by atoms with Crippen molar-refractivity contribution in [1.29, 1.82) is 0 Å². The zero-order valence-electron chi connectivity index (χ0n) is 20.3. The molecule has 0 saturated carbocycles. The van der Waals surface area contributed by atoms with Crippen molar-refractivity contribution in [1.82, 2.24) is 4.90 Å². The molecule has 0 unspecified atom stereocenters. The molecular formula is C28H25F2N3O4. The maximum Gasteiger partial charge on any atom is 0.284 e. The van der Waals surface area contributed by atoms with Crippen LogP contribution >= 0.6 is 0 Å². The van der Waals surface area contributed by atoms with E-state index in [2.05, 4.69) is 11.2 Å². The second kappa shape index (κ2) is 8.44. The van der Waals surface area contributed by atoms with Crippen LogP contribution in [0.4, 0.5) is 14.5 Å². The summed E-state index contributed by atoms with van der Waals surface area (Å²) in [7, 11) is 0. The van der Waals surface area contributed by atoms with E-state index in [0.29, 0.717) is 5.69 Å². The molecule has 0 bridgehead atoms. The number of carbonyl (C=O) groups is 3. The van der Waals surface area contributed by atoms with Crippen LogP contribution in [0.2, 0.25) is 0 Å². The van der Waals surface area contributed by atoms with Crippen LogP contribution in [0, 0.1) is 18.2 Å². The lowest BCUT2D eigenvalue weighted by Gasteiger charge is -2.30. The van der Waals surface area contributed by atoms with Gasteiger partial charge in [-0.15, -0.1) is 6.42 Å². The van der Waals surface area contributed by atoms with E-state index in [1.165, 1.54) is 24.8 Å². The second-order valence-corrected chi connectivity index (χ2v) is 10.3. The molecule has 0 radical (unpaired) electrons. The average Bonchev–Trinajstić information content (AvgIpc) is 3.49. The molecule has 3 heterocycles. The summed E-state index contributed by atoms with van der Waals surface area (Å²) in [6.45, 7) is 2.55. The fourth-order valence-electron chi connectivity index (χ4n) is 5.64. The maximum atomic E-state index is 15.1. The number of benzene rings is 2. The highest BCUT2D eigenvalue weighted by atomic mass is 19.1. The highest BCUT2D eigenvalue weighted by Gasteiger charge is 2.56. The Balaban J connectivity index is 1.64. The molecule has 3 N–H and O–H groups in total. The summed E-state index contributed by atoms with van der Waals surface area (Å²) in [6, 6.07) is 9.99. The van der Waals surface area contributed by atoms with Crippen molar-refractivity contribution in [3.8, 4) is 12.3 Å². The number of alkyl halides is 1. The summed E-state index contributed by atoms with van der Waals surface area (Å²) in [4.78, 5) is 41.1. The molecule has 2 aliphatic rings. The van der Waals surface area contributed by atoms with Crippen molar-refractivity contribution in [2.75, 3.05) is 11.9 Å². The topological polar surface area (TPSA) is 106 Å². The molecule has 3 atom stereocenters. The van der Waals surface area contributed by atoms with Gasteiger partial charge in [-0.3, -0.25) is 14.4 Å². The SMILES string of the molecule is C#C[C@@H]1C[C@@]2(CN1C(=O)[C@@H](CC(C)(C)F)c1c(C(N)=O)oc3ccc(F)cc13)C(=O)Nc1ccccc12. The zero-order valence-corrected chi connectivity index (χ0v) is 20.3. The van der Waals surface area contributed by atoms with Gasteiger partial charge >= 0.3 is 0 Å². The fraction of sp³-hybridized carbons (Fsp3) is 0.321. The quantitative estimate of drug-likeness (QED) is 0.511. The van der Waals surface area contributed by atoms with Gasteiger partial charge in [0.25, 0.3) is 5.91 Å². The minimum Gasteiger partial charge on any atom is -0.451 e. The number of nitrogens with two attached hydrogens (primary N) is 1. The molecule has 1 saturated heterocycles. The van der Waals surface area contributed by atoms with Crippen molar-refractivity contribution in [3.05, 3.63) is 65.2 Å². The number of halogens is 2. The van der Waals surface area contributed by atoms with Crippen molar-refractivity contribution in [2.45, 2.75) is 49.7 Å². The number of furan rings is 1. The van der Waals surface area contributed by atoms with Gasteiger partial charge in [0.05, 0.1) is 17.4 Å². The number of primary amides is 1. The van der Waals surface area contributed by atoms with Crippen LogP contribution in [-0.4, -0.2) is 40.9 Å². The third kappa shape index (κ3) is 3.93. The monoisotopic (exact) mass is 505 g/mol. The maximum absolute atomic E-state index is 15.1. The Morgan fingerprint density at radius 1 is 1.32 bits per heavy atom. The molecule has 1 fully saturated rings. The first-order valence-electron chi connectivity index (χ1n) is 11.8. The molecule has 2 aliphatic heterocycles. The number of terminal acetylenes is 1. The Labute approximate surface area is 212 Å². The second-order valence-electron chi connectivity index (χ2n) is 10.3. The minimum atomic E-state index is -1.87. The van der Waals surface area contributed by atoms with E-state index in [9.17, 15) is 18.8 Å². The molecule has 7 nitrogen and oxygen atoms in total. The molecule has 1 spiro atoms. The molecule has 3 amide bonds. The third-order valence-electron chi connectivity index (χ3n) is 7.21. The van der Waals surface area contributed by atoms with Crippen molar-refractivity contribution in [3.63, 3.8) is 0 Å². The van der Waals surface area contributed by atoms with Gasteiger partial charge in [0.1, 0.15) is 17.1 Å². The summed E-state index contributed by atoms with van der Waals surface area (Å²) in [5.41, 5.74) is 4.13. The molecule has 0 aliphatic carbocycles. The van der Waals surface area contributed by atoms with E-state index in [1.54, 1.807) is 18.2 Å². The summed E-state index contributed by atoms with van der Waals surface area (Å²) >= 11 is 0. The van der Waals surface area contributed by atoms with E-state index in [-0.39, 0.29) is 47.6 Å². The number of para-hydroxylation sites is 1. The van der Waals surface area contributed by atoms with Crippen molar-refractivity contribution in [2.24, 2.45) is 5.73 Å². The van der Waals surface area contributed by atoms with E-state index in [1.807, 2.05) is 6.07 Å². The Bertz CT molecular complexity index is 1500. The van der Waals surface area contributed by atoms with Crippen molar-refractivity contribution >= 4 is 34.4 Å². The smallest absolute Gasteiger partial charge is 0.284 e. The fourth-order valence-corrected chi connectivity index (χ4v) is 5.64. The lowest BCUT2D eigenvalue weighted by atomic mass is 9.79. The van der Waals surface area contributed by atoms with Gasteiger partial charge in [-0.2, -0.15) is 0 Å². The summed E-state index contributed by atoms with van der Waals surface area (Å²) < 4.78 is 35.0. The molecule has 190 valence electrons. The van der Waals surface area contributed by atoms with Crippen LogP contribution < -0.4 is 11.1 Å². The van der Waals surface area contributed by atoms with Gasteiger partial charge in [-0.05, 0) is 56.5 Å². The Morgan fingerprint density at radius 2 is 2.05 bits per heavy atom. The molecular weight excluding hydrogens is 480 g/mol. The largest absolute Gasteiger partial charge is 0.451 e. The van der Waals surface area contributed by atoms with Crippen molar-refractivity contribution < 1.29 is 27.6 Å². The Morgan fingerprint density at radius 3 is 2.73 bits per heavy atom. The number of anilines is 1. The number of hydrogen-bond donors (Lipinski definition) is 2. The van der Waals surface area contributed by atoms with Gasteiger partial charge in [-0.25, -0.2) is 8.78 Å². The van der Waals surface area contributed by atoms with Gasteiger partial charge in [0, 0.05) is 23.2 Å². The van der Waals surface area contributed by atoms with Crippen LogP contribution in [0.5, 0.6) is 0 Å². The minimum absolute atomic E-state index is 0.00530. The van der Waals surface area contributed by atoms with Gasteiger partial charge in [0.15, 0.2) is 5.76 Å². The van der Waals surface area contributed by atoms with E-state index < -0.39 is 40.7 Å². The number of carbonyl (C=O) groups excluding carboxylic acids is 3. The Hall–Kier alpha value is -4.19. The highest BCUT2D eigenvalue weighted by molar-refractivity contribution is 6.08. The van der Waals surface area contributed by atoms with E-state index in [4.69, 9.17) is 16.6 Å². The number of amides is 3.